The van der Waals surface area contributed by atoms with Crippen molar-refractivity contribution in [1.29, 1.82) is 0 Å². The van der Waals surface area contributed by atoms with Gasteiger partial charge in [-0.25, -0.2) is 0 Å². The highest BCUT2D eigenvalue weighted by Gasteiger charge is 2.33. The number of halogens is 1. The van der Waals surface area contributed by atoms with E-state index < -0.39 is 0 Å². The molecule has 1 aliphatic heterocycles. The van der Waals surface area contributed by atoms with Crippen LogP contribution in [0.1, 0.15) is 32.8 Å². The Balaban J connectivity index is 2.22. The van der Waals surface area contributed by atoms with Crippen LogP contribution in [0, 0.1) is 0 Å². The van der Waals surface area contributed by atoms with Crippen LogP contribution in [0.15, 0.2) is 41.4 Å². The summed E-state index contributed by atoms with van der Waals surface area (Å²) in [5, 5.41) is 3.73. The predicted molar refractivity (Wildman–Crippen MR) is 87.1 cm³/mol. The summed E-state index contributed by atoms with van der Waals surface area (Å²) in [6, 6.07) is 11.3. The number of nitrogens with zero attached hydrogens (tertiary/aromatic N) is 1. The summed E-state index contributed by atoms with van der Waals surface area (Å²) in [4.78, 5) is 2.53. The van der Waals surface area contributed by atoms with Crippen molar-refractivity contribution in [3.63, 3.8) is 0 Å². The molecular weight excluding hydrogens is 268 g/mol. The van der Waals surface area contributed by atoms with Gasteiger partial charge in [-0.3, -0.25) is 4.90 Å². The van der Waals surface area contributed by atoms with E-state index in [4.69, 9.17) is 11.6 Å². The monoisotopic (exact) mass is 292 g/mol. The van der Waals surface area contributed by atoms with Crippen molar-refractivity contribution in [2.24, 2.45) is 0 Å². The van der Waals surface area contributed by atoms with Gasteiger partial charge in [0.25, 0.3) is 0 Å². The minimum absolute atomic E-state index is 0.00138. The number of benzene rings is 1. The van der Waals surface area contributed by atoms with E-state index in [0.717, 1.165) is 26.1 Å². The van der Waals surface area contributed by atoms with Crippen molar-refractivity contribution >= 4 is 11.6 Å². The maximum atomic E-state index is 5.84. The third-order valence-corrected chi connectivity index (χ3v) is 4.64. The number of nitrogens with one attached hydrogen (secondary N) is 1. The van der Waals surface area contributed by atoms with Gasteiger partial charge in [-0.2, -0.15) is 0 Å². The van der Waals surface area contributed by atoms with Crippen LogP contribution in [-0.4, -0.2) is 30.6 Å². The maximum Gasteiger partial charge on any atom is 0.0535 e. The van der Waals surface area contributed by atoms with Crippen LogP contribution in [-0.2, 0) is 5.54 Å². The van der Waals surface area contributed by atoms with Gasteiger partial charge in [-0.05, 0) is 44.9 Å². The van der Waals surface area contributed by atoms with E-state index in [1.165, 1.54) is 11.1 Å². The van der Waals surface area contributed by atoms with Crippen LogP contribution in [0.25, 0.3) is 0 Å². The Kier molecular flexibility index (Phi) is 5.25. The Morgan fingerprint density at radius 2 is 2.15 bits per heavy atom. The molecule has 2 unspecified atom stereocenters. The molecule has 0 radical (unpaired) electrons. The van der Waals surface area contributed by atoms with Gasteiger partial charge in [0.2, 0.25) is 0 Å². The zero-order chi connectivity index (χ0) is 14.6. The van der Waals surface area contributed by atoms with Gasteiger partial charge >= 0.3 is 0 Å². The average Bonchev–Trinajstić information content (AvgIpc) is 2.60. The van der Waals surface area contributed by atoms with Crippen molar-refractivity contribution in [2.75, 3.05) is 19.6 Å². The summed E-state index contributed by atoms with van der Waals surface area (Å²) in [6.07, 6.45) is 1.16. The Morgan fingerprint density at radius 3 is 2.80 bits per heavy atom. The number of rotatable bonds is 3. The molecule has 2 nitrogen and oxygen atoms in total. The lowest BCUT2D eigenvalue weighted by molar-refractivity contribution is 0.188. The van der Waals surface area contributed by atoms with Gasteiger partial charge < -0.3 is 5.32 Å². The van der Waals surface area contributed by atoms with E-state index in [9.17, 15) is 0 Å². The molecule has 2 atom stereocenters. The minimum atomic E-state index is -0.00138. The summed E-state index contributed by atoms with van der Waals surface area (Å²) in [5.74, 6) is 0. The van der Waals surface area contributed by atoms with E-state index >= 15 is 0 Å². The van der Waals surface area contributed by atoms with Crippen molar-refractivity contribution < 1.29 is 0 Å². The summed E-state index contributed by atoms with van der Waals surface area (Å²) in [5.41, 5.74) is 4.27. The molecule has 110 valence electrons. The number of hydrogen-bond donors (Lipinski definition) is 1. The second-order valence-electron chi connectivity index (χ2n) is 6.12. The summed E-state index contributed by atoms with van der Waals surface area (Å²) in [6.45, 7) is 9.69. The van der Waals surface area contributed by atoms with Crippen LogP contribution >= 0.6 is 11.6 Å². The molecule has 1 fully saturated rings. The van der Waals surface area contributed by atoms with E-state index in [1.807, 2.05) is 0 Å². The Hall–Kier alpha value is -0.830. The lowest BCUT2D eigenvalue weighted by atomic mass is 9.91. The molecule has 0 bridgehead atoms. The molecule has 0 amide bonds. The molecule has 1 aromatic carbocycles. The van der Waals surface area contributed by atoms with Crippen molar-refractivity contribution in [3.05, 3.63) is 47.0 Å². The fraction of sp³-hybridized carbons (Fsp3) is 0.529. The molecule has 1 aliphatic rings. The number of hydrogen-bond acceptors (Lipinski definition) is 2. The van der Waals surface area contributed by atoms with E-state index in [1.54, 1.807) is 5.54 Å². The molecule has 0 spiro atoms. The summed E-state index contributed by atoms with van der Waals surface area (Å²) < 4.78 is 0. The summed E-state index contributed by atoms with van der Waals surface area (Å²) in [7, 11) is 0. The van der Waals surface area contributed by atoms with Crippen LogP contribution in [0.2, 0.25) is 0 Å². The van der Waals surface area contributed by atoms with Gasteiger partial charge in [0.05, 0.1) is 5.54 Å². The fourth-order valence-electron chi connectivity index (χ4n) is 2.92. The standard InChI is InChI=1S/C17H25ClN2/c1-14(11-18)12-20-13-17(3,19-10-9-15(20)2)16-7-5-4-6-8-16/h4-8,11,15,19H,9-10,12-13H2,1-3H3/b14-11+. The van der Waals surface area contributed by atoms with Gasteiger partial charge in [0.15, 0.2) is 0 Å². The van der Waals surface area contributed by atoms with Crippen LogP contribution in [0.5, 0.6) is 0 Å². The molecule has 1 aromatic rings. The summed E-state index contributed by atoms with van der Waals surface area (Å²) >= 11 is 5.84. The molecule has 0 saturated carbocycles. The normalized spacial score (nSPS) is 29.2. The second kappa shape index (κ2) is 6.75. The lowest BCUT2D eigenvalue weighted by Crippen LogP contribution is -2.47. The first-order chi connectivity index (χ1) is 9.55. The largest absolute Gasteiger partial charge is 0.306 e. The molecule has 20 heavy (non-hydrogen) atoms. The molecule has 1 heterocycles. The smallest absolute Gasteiger partial charge is 0.0535 e. The Bertz CT molecular complexity index is 457. The third kappa shape index (κ3) is 3.63. The average molecular weight is 293 g/mol. The van der Waals surface area contributed by atoms with Gasteiger partial charge in [-0.15, -0.1) is 0 Å². The maximum absolute atomic E-state index is 5.84. The van der Waals surface area contributed by atoms with Crippen molar-refractivity contribution in [2.45, 2.75) is 38.8 Å². The van der Waals surface area contributed by atoms with E-state index in [0.29, 0.717) is 6.04 Å². The van der Waals surface area contributed by atoms with E-state index in [-0.39, 0.29) is 5.54 Å². The van der Waals surface area contributed by atoms with Crippen molar-refractivity contribution in [1.82, 2.24) is 10.2 Å². The quantitative estimate of drug-likeness (QED) is 0.913. The third-order valence-electron chi connectivity index (χ3n) is 4.27. The molecule has 3 heteroatoms. The highest BCUT2D eigenvalue weighted by atomic mass is 35.5. The zero-order valence-corrected chi connectivity index (χ0v) is 13.5. The van der Waals surface area contributed by atoms with Gasteiger partial charge in [-0.1, -0.05) is 41.9 Å². The first-order valence-electron chi connectivity index (χ1n) is 7.35. The first-order valence-corrected chi connectivity index (χ1v) is 7.79. The van der Waals surface area contributed by atoms with Crippen LogP contribution in [0.3, 0.4) is 0 Å². The highest BCUT2D eigenvalue weighted by Crippen LogP contribution is 2.26. The van der Waals surface area contributed by atoms with Gasteiger partial charge in [0, 0.05) is 24.7 Å². The van der Waals surface area contributed by atoms with Crippen LogP contribution in [0.4, 0.5) is 0 Å². The SMILES string of the molecule is C/C(=C\Cl)CN1CC(C)(c2ccccc2)NCCC1C. The second-order valence-corrected chi connectivity index (χ2v) is 6.34. The zero-order valence-electron chi connectivity index (χ0n) is 12.7. The first kappa shape index (κ1) is 15.6. The van der Waals surface area contributed by atoms with Crippen LogP contribution < -0.4 is 5.32 Å². The molecule has 0 aliphatic carbocycles. The lowest BCUT2D eigenvalue weighted by Gasteiger charge is -2.36. The molecule has 2 rings (SSSR count). The van der Waals surface area contributed by atoms with Gasteiger partial charge in [0.1, 0.15) is 0 Å². The topological polar surface area (TPSA) is 15.3 Å². The molecule has 1 N–H and O–H groups in total. The highest BCUT2D eigenvalue weighted by molar-refractivity contribution is 6.25. The van der Waals surface area contributed by atoms with Crippen molar-refractivity contribution in [3.8, 4) is 0 Å². The van der Waals surface area contributed by atoms with E-state index in [2.05, 4.69) is 61.3 Å². The Labute approximate surface area is 127 Å². The minimum Gasteiger partial charge on any atom is -0.306 e. The molecule has 0 aromatic heterocycles. The Morgan fingerprint density at radius 1 is 1.45 bits per heavy atom. The molecule has 1 saturated heterocycles. The predicted octanol–water partition coefficient (Wildman–Crippen LogP) is 3.73. The fourth-order valence-corrected chi connectivity index (χ4v) is 2.99. The molecular formula is C17H25ClN2.